The van der Waals surface area contributed by atoms with Gasteiger partial charge in [0.2, 0.25) is 11.8 Å². The van der Waals surface area contributed by atoms with Gasteiger partial charge in [0.25, 0.3) is 0 Å². The summed E-state index contributed by atoms with van der Waals surface area (Å²) in [5.41, 5.74) is 0.952. The minimum atomic E-state index is -0.126. The van der Waals surface area contributed by atoms with E-state index < -0.39 is 0 Å². The highest BCUT2D eigenvalue weighted by atomic mass is 16.5. The largest absolute Gasteiger partial charge is 0.496 e. The molecule has 2 aliphatic rings. The van der Waals surface area contributed by atoms with Crippen molar-refractivity contribution < 1.29 is 14.1 Å². The summed E-state index contributed by atoms with van der Waals surface area (Å²) < 4.78 is 11.0. The molecule has 2 heterocycles. The Labute approximate surface area is 172 Å². The topological polar surface area (TPSA) is 68.5 Å². The van der Waals surface area contributed by atoms with Crippen molar-refractivity contribution in [3.63, 3.8) is 0 Å². The zero-order valence-corrected chi connectivity index (χ0v) is 17.7. The predicted octanol–water partition coefficient (Wildman–Crippen LogP) is 3.79. The van der Waals surface area contributed by atoms with Crippen LogP contribution in [0.1, 0.15) is 56.8 Å². The van der Waals surface area contributed by atoms with Gasteiger partial charge < -0.3 is 14.2 Å². The van der Waals surface area contributed by atoms with Crippen LogP contribution in [0, 0.1) is 11.8 Å². The normalized spacial score (nSPS) is 23.6. The van der Waals surface area contributed by atoms with Crippen LogP contribution in [-0.4, -0.2) is 41.1 Å². The number of aryl methyl sites for hydroxylation is 1. The number of aromatic nitrogens is 2. The third-order valence-electron chi connectivity index (χ3n) is 6.52. The van der Waals surface area contributed by atoms with Gasteiger partial charge in [-0.2, -0.15) is 4.98 Å². The second kappa shape index (κ2) is 8.17. The number of carbonyl (C=O) groups excluding carboxylic acids is 1. The molecular weight excluding hydrogens is 366 g/mol. The number of ether oxygens (including phenoxy) is 1. The van der Waals surface area contributed by atoms with Crippen molar-refractivity contribution >= 4 is 5.91 Å². The Morgan fingerprint density at radius 3 is 3.00 bits per heavy atom. The van der Waals surface area contributed by atoms with Crippen LogP contribution in [0.4, 0.5) is 0 Å². The summed E-state index contributed by atoms with van der Waals surface area (Å²) in [7, 11) is 1.67. The van der Waals surface area contributed by atoms with Gasteiger partial charge >= 0.3 is 0 Å². The second-order valence-corrected chi connectivity index (χ2v) is 8.94. The molecule has 4 rings (SSSR count). The Hall–Kier alpha value is -2.37. The highest BCUT2D eigenvalue weighted by molar-refractivity contribution is 5.77. The van der Waals surface area contributed by atoms with E-state index in [9.17, 15) is 4.79 Å². The van der Waals surface area contributed by atoms with Gasteiger partial charge in [-0.05, 0) is 42.7 Å². The minimum absolute atomic E-state index is 0.126. The number of nitrogens with zero attached hydrogens (tertiary/aromatic N) is 3. The molecule has 0 unspecified atom stereocenters. The lowest BCUT2D eigenvalue weighted by Gasteiger charge is -2.24. The first kappa shape index (κ1) is 19.9. The molecule has 156 valence electrons. The Balaban J connectivity index is 1.44. The first-order valence-corrected chi connectivity index (χ1v) is 10.7. The van der Waals surface area contributed by atoms with Crippen molar-refractivity contribution in [1.82, 2.24) is 15.0 Å². The zero-order chi connectivity index (χ0) is 20.4. The summed E-state index contributed by atoms with van der Waals surface area (Å²) in [6.07, 6.45) is 5.32. The van der Waals surface area contributed by atoms with Crippen molar-refractivity contribution in [3.8, 4) is 5.75 Å². The Bertz CT molecular complexity index is 863. The third-order valence-corrected chi connectivity index (χ3v) is 6.52. The third kappa shape index (κ3) is 3.89. The molecular formula is C23H31N3O3. The molecule has 2 aromatic rings. The zero-order valence-electron chi connectivity index (χ0n) is 17.7. The lowest BCUT2D eigenvalue weighted by molar-refractivity contribution is -0.130. The fraction of sp³-hybridized carbons (Fsp3) is 0.609. The number of benzene rings is 1. The van der Waals surface area contributed by atoms with E-state index in [1.165, 1.54) is 6.42 Å². The Kier molecular flexibility index (Phi) is 5.61. The average Bonchev–Trinajstić information content (AvgIpc) is 3.40. The maximum atomic E-state index is 13.0. The van der Waals surface area contributed by atoms with Gasteiger partial charge in [-0.3, -0.25) is 4.79 Å². The second-order valence-electron chi connectivity index (χ2n) is 8.94. The summed E-state index contributed by atoms with van der Waals surface area (Å²) in [4.78, 5) is 19.8. The fourth-order valence-electron chi connectivity index (χ4n) is 5.04. The molecule has 2 atom stereocenters. The molecule has 1 aliphatic carbocycles. The van der Waals surface area contributed by atoms with Crippen LogP contribution in [0.2, 0.25) is 0 Å². The highest BCUT2D eigenvalue weighted by Gasteiger charge is 2.54. The van der Waals surface area contributed by atoms with E-state index in [1.807, 2.05) is 29.2 Å². The molecule has 2 fully saturated rings. The smallest absolute Gasteiger partial charge is 0.226 e. The number of amides is 1. The van der Waals surface area contributed by atoms with E-state index in [4.69, 9.17) is 14.2 Å². The Morgan fingerprint density at radius 2 is 2.21 bits per heavy atom. The number of para-hydroxylation sites is 1. The number of rotatable bonds is 7. The van der Waals surface area contributed by atoms with Crippen molar-refractivity contribution in [2.24, 2.45) is 11.8 Å². The van der Waals surface area contributed by atoms with Crippen molar-refractivity contribution in [3.05, 3.63) is 41.5 Å². The van der Waals surface area contributed by atoms with Gasteiger partial charge in [-0.15, -0.1) is 0 Å². The van der Waals surface area contributed by atoms with Crippen molar-refractivity contribution in [1.29, 1.82) is 0 Å². The van der Waals surface area contributed by atoms with Crippen molar-refractivity contribution in [2.45, 2.75) is 57.8 Å². The SMILES string of the molecule is COc1ccccc1CCC(=O)N1C[C@H]2CCC[C@@]2(c2noc(CC(C)C)n2)C1. The number of fused-ring (bicyclic) bond motifs is 1. The summed E-state index contributed by atoms with van der Waals surface area (Å²) in [5, 5.41) is 4.35. The molecule has 1 aromatic heterocycles. The monoisotopic (exact) mass is 397 g/mol. The molecule has 29 heavy (non-hydrogen) atoms. The van der Waals surface area contributed by atoms with Gasteiger partial charge in [-0.1, -0.05) is 43.6 Å². The van der Waals surface area contributed by atoms with Crippen LogP contribution in [0.15, 0.2) is 28.8 Å². The summed E-state index contributed by atoms with van der Waals surface area (Å²) >= 11 is 0. The molecule has 0 radical (unpaired) electrons. The lowest BCUT2D eigenvalue weighted by atomic mass is 9.80. The van der Waals surface area contributed by atoms with Crippen molar-refractivity contribution in [2.75, 3.05) is 20.2 Å². The first-order chi connectivity index (χ1) is 14.0. The van der Waals surface area contributed by atoms with E-state index in [0.29, 0.717) is 31.2 Å². The molecule has 0 N–H and O–H groups in total. The molecule has 1 saturated carbocycles. The average molecular weight is 398 g/mol. The fourth-order valence-corrected chi connectivity index (χ4v) is 5.04. The van der Waals surface area contributed by atoms with Gasteiger partial charge in [0.1, 0.15) is 5.75 Å². The van der Waals surface area contributed by atoms with Crippen LogP contribution in [0.5, 0.6) is 5.75 Å². The van der Waals surface area contributed by atoms with Crippen LogP contribution >= 0.6 is 0 Å². The highest BCUT2D eigenvalue weighted by Crippen LogP contribution is 2.49. The number of hydrogen-bond donors (Lipinski definition) is 0. The number of carbonyl (C=O) groups is 1. The van der Waals surface area contributed by atoms with Gasteiger partial charge in [0.15, 0.2) is 5.82 Å². The molecule has 0 bridgehead atoms. The van der Waals surface area contributed by atoms with Crippen LogP contribution < -0.4 is 4.74 Å². The van der Waals surface area contributed by atoms with Gasteiger partial charge in [0.05, 0.1) is 12.5 Å². The maximum absolute atomic E-state index is 13.0. The molecule has 1 aromatic carbocycles. The number of hydrogen-bond acceptors (Lipinski definition) is 5. The summed E-state index contributed by atoms with van der Waals surface area (Å²) in [6.45, 7) is 5.82. The summed E-state index contributed by atoms with van der Waals surface area (Å²) in [5.74, 6) is 3.50. The predicted molar refractivity (Wildman–Crippen MR) is 110 cm³/mol. The van der Waals surface area contributed by atoms with Gasteiger partial charge in [0, 0.05) is 25.9 Å². The number of methoxy groups -OCH3 is 1. The molecule has 0 spiro atoms. The maximum Gasteiger partial charge on any atom is 0.226 e. The van der Waals surface area contributed by atoms with Crippen LogP contribution in [0.25, 0.3) is 0 Å². The first-order valence-electron chi connectivity index (χ1n) is 10.7. The lowest BCUT2D eigenvalue weighted by Crippen LogP contribution is -2.35. The molecule has 1 saturated heterocycles. The molecule has 6 heteroatoms. The van der Waals surface area contributed by atoms with Gasteiger partial charge in [-0.25, -0.2) is 0 Å². The molecule has 6 nitrogen and oxygen atoms in total. The minimum Gasteiger partial charge on any atom is -0.496 e. The van der Waals surface area contributed by atoms with E-state index in [0.717, 1.165) is 48.8 Å². The van der Waals surface area contributed by atoms with Crippen LogP contribution in [-0.2, 0) is 23.1 Å². The van der Waals surface area contributed by atoms with E-state index in [1.54, 1.807) is 7.11 Å². The van der Waals surface area contributed by atoms with E-state index in [-0.39, 0.29) is 11.3 Å². The summed E-state index contributed by atoms with van der Waals surface area (Å²) in [6, 6.07) is 7.92. The van der Waals surface area contributed by atoms with E-state index in [2.05, 4.69) is 19.0 Å². The standard InChI is InChI=1S/C23H31N3O3/c1-16(2)13-20-24-22(25-29-20)23-12-6-8-18(23)14-26(15-23)21(27)11-10-17-7-4-5-9-19(17)28-3/h4-5,7,9,16,18H,6,8,10-15H2,1-3H3/t18-,23-/m1/s1. The van der Waals surface area contributed by atoms with Crippen LogP contribution in [0.3, 0.4) is 0 Å². The Morgan fingerprint density at radius 1 is 1.38 bits per heavy atom. The van der Waals surface area contributed by atoms with E-state index >= 15 is 0 Å². The molecule has 1 aliphatic heterocycles. The molecule has 1 amide bonds. The quantitative estimate of drug-likeness (QED) is 0.711. The number of likely N-dealkylation sites (tertiary alicyclic amines) is 1.